The highest BCUT2D eigenvalue weighted by molar-refractivity contribution is 7.07. The van der Waals surface area contributed by atoms with Crippen molar-refractivity contribution >= 4 is 28.3 Å². The third-order valence-electron chi connectivity index (χ3n) is 4.77. The maximum atomic E-state index is 12.0. The van der Waals surface area contributed by atoms with Gasteiger partial charge in [-0.2, -0.15) is 5.26 Å². The normalized spacial score (nSPS) is 15.7. The first-order valence-electron chi connectivity index (χ1n) is 8.93. The minimum Gasteiger partial charge on any atom is -0.447 e. The molecule has 138 valence electrons. The minimum atomic E-state index is -0.381. The van der Waals surface area contributed by atoms with E-state index in [1.807, 2.05) is 42.9 Å². The Hall–Kier alpha value is -2.85. The maximum absolute atomic E-state index is 12.0. The summed E-state index contributed by atoms with van der Waals surface area (Å²) in [5.41, 5.74) is 7.00. The van der Waals surface area contributed by atoms with Gasteiger partial charge in [0.15, 0.2) is 0 Å². The van der Waals surface area contributed by atoms with Crippen LogP contribution in [-0.4, -0.2) is 27.8 Å². The molecule has 7 heteroatoms. The van der Waals surface area contributed by atoms with Crippen LogP contribution in [0.1, 0.15) is 36.4 Å². The summed E-state index contributed by atoms with van der Waals surface area (Å²) in [6.07, 6.45) is 0.945. The molecule has 0 aliphatic heterocycles. The zero-order valence-electron chi connectivity index (χ0n) is 15.2. The molecule has 1 N–H and O–H groups in total. The molecule has 0 radical (unpaired) electrons. The highest BCUT2D eigenvalue weighted by Crippen LogP contribution is 2.34. The van der Waals surface area contributed by atoms with Gasteiger partial charge in [0.1, 0.15) is 0 Å². The van der Waals surface area contributed by atoms with E-state index in [2.05, 4.69) is 20.9 Å². The molecular weight excluding hydrogens is 360 g/mol. The topological polar surface area (TPSA) is 79.9 Å². The van der Waals surface area contributed by atoms with E-state index in [4.69, 9.17) is 4.74 Å². The highest BCUT2D eigenvalue weighted by Gasteiger charge is 2.30. The van der Waals surface area contributed by atoms with Gasteiger partial charge in [-0.05, 0) is 44.0 Å². The Morgan fingerprint density at radius 1 is 1.48 bits per heavy atom. The predicted octanol–water partition coefficient (Wildman–Crippen LogP) is 3.62. The van der Waals surface area contributed by atoms with E-state index in [1.54, 1.807) is 11.3 Å². The van der Waals surface area contributed by atoms with E-state index in [-0.39, 0.29) is 18.2 Å². The number of alkyl carbamates (subject to hydrolysis) is 1. The second-order valence-corrected chi connectivity index (χ2v) is 7.76. The second kappa shape index (κ2) is 7.05. The quantitative estimate of drug-likeness (QED) is 0.750. The third kappa shape index (κ3) is 3.40. The first-order chi connectivity index (χ1) is 13.0. The molecule has 0 bridgehead atoms. The number of benzene rings is 1. The molecule has 1 unspecified atom stereocenters. The summed E-state index contributed by atoms with van der Waals surface area (Å²) >= 11 is 1.58. The summed E-state index contributed by atoms with van der Waals surface area (Å²) in [5.74, 6) is 0. The van der Waals surface area contributed by atoms with Gasteiger partial charge in [-0.3, -0.25) is 0 Å². The zero-order valence-corrected chi connectivity index (χ0v) is 16.0. The molecule has 1 aromatic carbocycles. The van der Waals surface area contributed by atoms with Gasteiger partial charge in [-0.25, -0.2) is 9.78 Å². The minimum absolute atomic E-state index is 0.00178. The lowest BCUT2D eigenvalue weighted by Crippen LogP contribution is -2.37. The molecule has 6 nitrogen and oxygen atoms in total. The molecule has 4 rings (SSSR count). The molecule has 2 aromatic heterocycles. The van der Waals surface area contributed by atoms with Gasteiger partial charge in [0.2, 0.25) is 0 Å². The Balaban J connectivity index is 1.69. The van der Waals surface area contributed by atoms with Crippen molar-refractivity contribution in [3.05, 3.63) is 51.6 Å². The molecule has 0 fully saturated rings. The second-order valence-electron chi connectivity index (χ2n) is 7.04. The molecule has 1 aliphatic rings. The van der Waals surface area contributed by atoms with Crippen molar-refractivity contribution in [1.82, 2.24) is 14.9 Å². The predicted molar refractivity (Wildman–Crippen MR) is 104 cm³/mol. The number of carbonyl (C=O) groups excluding carboxylic acids is 1. The molecule has 0 spiro atoms. The number of hydrogen-bond acceptors (Lipinski definition) is 5. The van der Waals surface area contributed by atoms with Crippen molar-refractivity contribution in [3.63, 3.8) is 0 Å². The molecule has 27 heavy (non-hydrogen) atoms. The number of nitriles is 1. The summed E-state index contributed by atoms with van der Waals surface area (Å²) in [6, 6.07) is 8.02. The molecule has 0 saturated carbocycles. The number of ether oxygens (including phenoxy) is 1. The van der Waals surface area contributed by atoms with E-state index in [0.29, 0.717) is 12.1 Å². The van der Waals surface area contributed by atoms with Gasteiger partial charge < -0.3 is 14.6 Å². The molecular formula is C20H20N4O2S. The first kappa shape index (κ1) is 17.6. The van der Waals surface area contributed by atoms with Crippen LogP contribution in [0.15, 0.2) is 29.1 Å². The Labute approximate surface area is 161 Å². The zero-order chi connectivity index (χ0) is 19.0. The van der Waals surface area contributed by atoms with Crippen molar-refractivity contribution in [2.45, 2.75) is 45.4 Å². The molecule has 2 heterocycles. The fraction of sp³-hybridized carbons (Fsp3) is 0.350. The molecule has 1 aliphatic carbocycles. The summed E-state index contributed by atoms with van der Waals surface area (Å²) in [5, 5.41) is 15.4. The van der Waals surface area contributed by atoms with Crippen LogP contribution >= 0.6 is 11.3 Å². The fourth-order valence-corrected chi connectivity index (χ4v) is 4.28. The van der Waals surface area contributed by atoms with Crippen LogP contribution in [0, 0.1) is 11.3 Å². The molecule has 3 aromatic rings. The SMILES string of the molecule is CC(C)OC(=O)NC1Cc2c(n(Cc3cscn3)c3ccc(C#N)cc23)C1. The largest absolute Gasteiger partial charge is 0.447 e. The Morgan fingerprint density at radius 2 is 2.33 bits per heavy atom. The highest BCUT2D eigenvalue weighted by atomic mass is 32.1. The standard InChI is InChI=1S/C20H20N4O2S/c1-12(2)26-20(25)23-14-6-17-16-5-13(8-21)3-4-18(16)24(19(17)7-14)9-15-10-27-11-22-15/h3-5,10-12,14H,6-7,9H2,1-2H3,(H,23,25). The number of thiazole rings is 1. The number of rotatable bonds is 4. The number of carbonyl (C=O) groups is 1. The maximum Gasteiger partial charge on any atom is 0.407 e. The van der Waals surface area contributed by atoms with Crippen molar-refractivity contribution in [2.75, 3.05) is 0 Å². The van der Waals surface area contributed by atoms with Crippen LogP contribution in [0.5, 0.6) is 0 Å². The number of nitrogens with zero attached hydrogens (tertiary/aromatic N) is 3. The monoisotopic (exact) mass is 380 g/mol. The van der Waals surface area contributed by atoms with Crippen LogP contribution in [0.4, 0.5) is 4.79 Å². The summed E-state index contributed by atoms with van der Waals surface area (Å²) in [6.45, 7) is 4.35. The van der Waals surface area contributed by atoms with Gasteiger partial charge in [0.05, 0.1) is 35.5 Å². The fourth-order valence-electron chi connectivity index (χ4n) is 3.73. The lowest BCUT2D eigenvalue weighted by atomic mass is 10.1. The van der Waals surface area contributed by atoms with E-state index in [9.17, 15) is 10.1 Å². The number of nitrogens with one attached hydrogen (secondary N) is 1. The smallest absolute Gasteiger partial charge is 0.407 e. The van der Waals surface area contributed by atoms with Gasteiger partial charge in [-0.1, -0.05) is 0 Å². The average molecular weight is 380 g/mol. The van der Waals surface area contributed by atoms with Crippen LogP contribution in [0.2, 0.25) is 0 Å². The van der Waals surface area contributed by atoms with E-state index in [0.717, 1.165) is 29.4 Å². The molecule has 1 amide bonds. The first-order valence-corrected chi connectivity index (χ1v) is 9.87. The Kier molecular flexibility index (Phi) is 4.58. The van der Waals surface area contributed by atoms with E-state index in [1.165, 1.54) is 11.3 Å². The lowest BCUT2D eigenvalue weighted by Gasteiger charge is -2.15. The lowest BCUT2D eigenvalue weighted by molar-refractivity contribution is 0.112. The van der Waals surface area contributed by atoms with Crippen molar-refractivity contribution in [3.8, 4) is 6.07 Å². The number of aromatic nitrogens is 2. The van der Waals surface area contributed by atoms with Crippen LogP contribution < -0.4 is 5.32 Å². The number of hydrogen-bond donors (Lipinski definition) is 1. The Bertz CT molecular complexity index is 1030. The molecule has 1 atom stereocenters. The third-order valence-corrected chi connectivity index (χ3v) is 5.41. The summed E-state index contributed by atoms with van der Waals surface area (Å²) in [7, 11) is 0. The van der Waals surface area contributed by atoms with Gasteiger partial charge in [0.25, 0.3) is 0 Å². The van der Waals surface area contributed by atoms with Gasteiger partial charge >= 0.3 is 6.09 Å². The average Bonchev–Trinajstić information content (AvgIpc) is 3.32. The number of amides is 1. The molecule has 0 saturated heterocycles. The summed E-state index contributed by atoms with van der Waals surface area (Å²) in [4.78, 5) is 16.4. The van der Waals surface area contributed by atoms with Crippen molar-refractivity contribution in [1.29, 1.82) is 5.26 Å². The van der Waals surface area contributed by atoms with Crippen LogP contribution in [0.25, 0.3) is 10.9 Å². The summed E-state index contributed by atoms with van der Waals surface area (Å²) < 4.78 is 7.48. The van der Waals surface area contributed by atoms with Crippen LogP contribution in [0.3, 0.4) is 0 Å². The van der Waals surface area contributed by atoms with E-state index < -0.39 is 0 Å². The van der Waals surface area contributed by atoms with Crippen molar-refractivity contribution in [2.24, 2.45) is 0 Å². The van der Waals surface area contributed by atoms with Crippen molar-refractivity contribution < 1.29 is 9.53 Å². The van der Waals surface area contributed by atoms with Gasteiger partial charge in [0, 0.05) is 34.4 Å². The number of fused-ring (bicyclic) bond motifs is 3. The van der Waals surface area contributed by atoms with E-state index >= 15 is 0 Å². The van der Waals surface area contributed by atoms with Gasteiger partial charge in [-0.15, -0.1) is 11.3 Å². The van der Waals surface area contributed by atoms with Crippen LogP contribution in [-0.2, 0) is 24.1 Å². The Morgan fingerprint density at radius 3 is 3.04 bits per heavy atom.